The third-order valence-corrected chi connectivity index (χ3v) is 4.10. The summed E-state index contributed by atoms with van der Waals surface area (Å²) < 4.78 is 0. The molecule has 0 bridgehead atoms. The second-order valence-electron chi connectivity index (χ2n) is 5.13. The summed E-state index contributed by atoms with van der Waals surface area (Å²) >= 11 is 0. The quantitative estimate of drug-likeness (QED) is 0.702. The molecule has 3 rings (SSSR count). The highest BCUT2D eigenvalue weighted by Crippen LogP contribution is 2.53. The molecule has 0 unspecified atom stereocenters. The van der Waals surface area contributed by atoms with Gasteiger partial charge in [-0.25, -0.2) is 0 Å². The van der Waals surface area contributed by atoms with Crippen LogP contribution < -0.4 is 0 Å². The van der Waals surface area contributed by atoms with E-state index in [-0.39, 0.29) is 11.2 Å². The first-order valence-electron chi connectivity index (χ1n) is 6.19. The van der Waals surface area contributed by atoms with E-state index in [1.54, 1.807) is 0 Å². The lowest BCUT2D eigenvalue weighted by Gasteiger charge is -2.36. The van der Waals surface area contributed by atoms with Gasteiger partial charge in [0.15, 0.2) is 5.78 Å². The Bertz CT molecular complexity index is 524. The zero-order valence-electron chi connectivity index (χ0n) is 9.91. The molecule has 0 N–H and O–H groups in total. The fraction of sp³-hybridized carbons (Fsp3) is 0.312. The van der Waals surface area contributed by atoms with Crippen LogP contribution >= 0.6 is 0 Å². The number of benzene rings is 1. The molecule has 0 spiro atoms. The average Bonchev–Trinajstić information content (AvgIpc) is 2.66. The summed E-state index contributed by atoms with van der Waals surface area (Å²) in [7, 11) is 0. The number of carbonyl (C=O) groups is 1. The SMILES string of the molecule is C=CC[C@]12CCc3ccccc3C1=CC(=O)C2. The lowest BCUT2D eigenvalue weighted by molar-refractivity contribution is -0.115. The summed E-state index contributed by atoms with van der Waals surface area (Å²) in [6.07, 6.45) is 7.56. The van der Waals surface area contributed by atoms with Gasteiger partial charge in [-0.15, -0.1) is 6.58 Å². The fourth-order valence-electron chi connectivity index (χ4n) is 3.32. The Labute approximate surface area is 102 Å². The second-order valence-corrected chi connectivity index (χ2v) is 5.13. The molecule has 0 amide bonds. The van der Waals surface area contributed by atoms with Crippen molar-refractivity contribution in [3.8, 4) is 0 Å². The zero-order valence-corrected chi connectivity index (χ0v) is 9.91. The summed E-state index contributed by atoms with van der Waals surface area (Å²) in [5.41, 5.74) is 3.97. The van der Waals surface area contributed by atoms with Gasteiger partial charge < -0.3 is 0 Å². The summed E-state index contributed by atoms with van der Waals surface area (Å²) in [4.78, 5) is 11.8. The Morgan fingerprint density at radius 1 is 1.35 bits per heavy atom. The molecule has 0 aliphatic heterocycles. The summed E-state index contributed by atoms with van der Waals surface area (Å²) in [5.74, 6) is 0.276. The Kier molecular flexibility index (Phi) is 2.29. The largest absolute Gasteiger partial charge is 0.295 e. The average molecular weight is 224 g/mol. The maximum absolute atomic E-state index is 11.8. The van der Waals surface area contributed by atoms with Crippen LogP contribution in [0.2, 0.25) is 0 Å². The van der Waals surface area contributed by atoms with Crippen LogP contribution in [0.3, 0.4) is 0 Å². The molecule has 1 nitrogen and oxygen atoms in total. The molecule has 2 aliphatic rings. The summed E-state index contributed by atoms with van der Waals surface area (Å²) in [6, 6.07) is 8.47. The van der Waals surface area contributed by atoms with Gasteiger partial charge in [0, 0.05) is 11.8 Å². The van der Waals surface area contributed by atoms with Gasteiger partial charge in [0.2, 0.25) is 0 Å². The molecule has 2 aliphatic carbocycles. The number of carbonyl (C=O) groups excluding carboxylic acids is 1. The highest BCUT2D eigenvalue weighted by molar-refractivity contribution is 6.04. The van der Waals surface area contributed by atoms with Crippen molar-refractivity contribution in [3.63, 3.8) is 0 Å². The normalized spacial score (nSPS) is 26.1. The van der Waals surface area contributed by atoms with E-state index in [0.717, 1.165) is 19.3 Å². The lowest BCUT2D eigenvalue weighted by atomic mass is 9.67. The summed E-state index contributed by atoms with van der Waals surface area (Å²) in [5, 5.41) is 0. The molecule has 86 valence electrons. The molecule has 0 heterocycles. The number of aryl methyl sites for hydroxylation is 1. The Balaban J connectivity index is 2.15. The first-order valence-corrected chi connectivity index (χ1v) is 6.19. The van der Waals surface area contributed by atoms with Gasteiger partial charge in [-0.1, -0.05) is 30.3 Å². The van der Waals surface area contributed by atoms with Crippen molar-refractivity contribution in [2.24, 2.45) is 5.41 Å². The molecular formula is C16H16O. The van der Waals surface area contributed by atoms with E-state index in [4.69, 9.17) is 0 Å². The minimum atomic E-state index is 0.0488. The fourth-order valence-corrected chi connectivity index (χ4v) is 3.32. The third-order valence-electron chi connectivity index (χ3n) is 4.10. The predicted molar refractivity (Wildman–Crippen MR) is 69.6 cm³/mol. The van der Waals surface area contributed by atoms with Gasteiger partial charge in [-0.05, 0) is 42.0 Å². The number of hydrogen-bond acceptors (Lipinski definition) is 1. The van der Waals surface area contributed by atoms with E-state index in [1.807, 2.05) is 12.2 Å². The van der Waals surface area contributed by atoms with Crippen LogP contribution in [0.5, 0.6) is 0 Å². The molecule has 1 aromatic rings. The van der Waals surface area contributed by atoms with Crippen LogP contribution in [0.4, 0.5) is 0 Å². The number of allylic oxidation sites excluding steroid dienone is 3. The van der Waals surface area contributed by atoms with Crippen molar-refractivity contribution < 1.29 is 4.79 Å². The topological polar surface area (TPSA) is 17.1 Å². The van der Waals surface area contributed by atoms with Crippen LogP contribution in [0.1, 0.15) is 30.4 Å². The van der Waals surface area contributed by atoms with Crippen molar-refractivity contribution in [1.82, 2.24) is 0 Å². The maximum Gasteiger partial charge on any atom is 0.156 e. The maximum atomic E-state index is 11.8. The standard InChI is InChI=1S/C16H16O/c1-2-8-16-9-7-12-5-3-4-6-14(12)15(16)10-13(17)11-16/h2-6,10H,1,7-9,11H2/t16-/m1/s1. The molecule has 1 aromatic carbocycles. The Morgan fingerprint density at radius 3 is 3.00 bits per heavy atom. The van der Waals surface area contributed by atoms with Gasteiger partial charge in [0.1, 0.15) is 0 Å². The first-order chi connectivity index (χ1) is 8.25. The van der Waals surface area contributed by atoms with Gasteiger partial charge in [0.25, 0.3) is 0 Å². The number of ketones is 1. The van der Waals surface area contributed by atoms with Crippen molar-refractivity contribution in [2.75, 3.05) is 0 Å². The van der Waals surface area contributed by atoms with Crippen LogP contribution in [-0.4, -0.2) is 5.78 Å². The van der Waals surface area contributed by atoms with E-state index in [0.29, 0.717) is 6.42 Å². The van der Waals surface area contributed by atoms with Gasteiger partial charge >= 0.3 is 0 Å². The highest BCUT2D eigenvalue weighted by atomic mass is 16.1. The smallest absolute Gasteiger partial charge is 0.156 e. The molecule has 1 heteroatoms. The number of rotatable bonds is 2. The molecule has 0 aromatic heterocycles. The van der Waals surface area contributed by atoms with Crippen molar-refractivity contribution in [2.45, 2.75) is 25.7 Å². The van der Waals surface area contributed by atoms with Crippen LogP contribution in [0.25, 0.3) is 5.57 Å². The molecule has 0 saturated heterocycles. The minimum absolute atomic E-state index is 0.0488. The van der Waals surface area contributed by atoms with E-state index >= 15 is 0 Å². The van der Waals surface area contributed by atoms with E-state index in [1.165, 1.54) is 16.7 Å². The van der Waals surface area contributed by atoms with Gasteiger partial charge in [-0.3, -0.25) is 4.79 Å². The second kappa shape index (κ2) is 3.69. The van der Waals surface area contributed by atoms with Crippen LogP contribution in [0.15, 0.2) is 43.0 Å². The van der Waals surface area contributed by atoms with Crippen LogP contribution in [-0.2, 0) is 11.2 Å². The van der Waals surface area contributed by atoms with E-state index < -0.39 is 0 Å². The van der Waals surface area contributed by atoms with Gasteiger partial charge in [0.05, 0.1) is 0 Å². The van der Waals surface area contributed by atoms with Crippen molar-refractivity contribution >= 4 is 11.4 Å². The van der Waals surface area contributed by atoms with Crippen molar-refractivity contribution in [1.29, 1.82) is 0 Å². The molecular weight excluding hydrogens is 208 g/mol. The highest BCUT2D eigenvalue weighted by Gasteiger charge is 2.43. The summed E-state index contributed by atoms with van der Waals surface area (Å²) in [6.45, 7) is 3.85. The Hall–Kier alpha value is -1.63. The van der Waals surface area contributed by atoms with E-state index in [9.17, 15) is 4.79 Å². The molecule has 1 atom stereocenters. The Morgan fingerprint density at radius 2 is 2.18 bits per heavy atom. The van der Waals surface area contributed by atoms with Crippen LogP contribution in [0, 0.1) is 5.41 Å². The number of fused-ring (bicyclic) bond motifs is 3. The third kappa shape index (κ3) is 1.49. The minimum Gasteiger partial charge on any atom is -0.295 e. The molecule has 0 fully saturated rings. The van der Waals surface area contributed by atoms with E-state index in [2.05, 4.69) is 30.8 Å². The first kappa shape index (κ1) is 10.5. The number of hydrogen-bond donors (Lipinski definition) is 0. The zero-order chi connectivity index (χ0) is 11.9. The molecule has 0 saturated carbocycles. The molecule has 17 heavy (non-hydrogen) atoms. The molecule has 0 radical (unpaired) electrons. The lowest BCUT2D eigenvalue weighted by Crippen LogP contribution is -2.25. The predicted octanol–water partition coefficient (Wildman–Crippen LogP) is 3.55. The monoisotopic (exact) mass is 224 g/mol. The van der Waals surface area contributed by atoms with Gasteiger partial charge in [-0.2, -0.15) is 0 Å². The van der Waals surface area contributed by atoms with Crippen molar-refractivity contribution in [3.05, 3.63) is 54.1 Å².